The van der Waals surface area contributed by atoms with Gasteiger partial charge in [0.15, 0.2) is 0 Å². The number of benzene rings is 1. The second kappa shape index (κ2) is 8.88. The number of amides is 1. The fraction of sp³-hybridized carbons (Fsp3) is 0.565. The Labute approximate surface area is 186 Å². The van der Waals surface area contributed by atoms with Crippen LogP contribution >= 0.6 is 11.6 Å². The highest BCUT2D eigenvalue weighted by atomic mass is 35.5. The SMILES string of the molecule is C[C@@H]1CCC[C@](O)(CNC(=O)c2c(Cl)ccc3nc(N4CC(F)CC4CO)ccc23)C1. The first-order valence-corrected chi connectivity index (χ1v) is 11.3. The van der Waals surface area contributed by atoms with Gasteiger partial charge in [-0.2, -0.15) is 0 Å². The number of aliphatic hydroxyl groups excluding tert-OH is 1. The smallest absolute Gasteiger partial charge is 0.253 e. The highest BCUT2D eigenvalue weighted by molar-refractivity contribution is 6.35. The van der Waals surface area contributed by atoms with Crippen LogP contribution in [0.4, 0.5) is 10.2 Å². The molecule has 0 spiro atoms. The van der Waals surface area contributed by atoms with E-state index in [1.54, 1.807) is 29.2 Å². The van der Waals surface area contributed by atoms with E-state index in [-0.39, 0.29) is 38.1 Å². The number of carbonyl (C=O) groups excluding carboxylic acids is 1. The second-order valence-electron chi connectivity index (χ2n) is 9.09. The van der Waals surface area contributed by atoms with Gasteiger partial charge in [-0.25, -0.2) is 9.37 Å². The molecule has 4 atom stereocenters. The van der Waals surface area contributed by atoms with Crippen LogP contribution in [0, 0.1) is 5.92 Å². The molecule has 1 saturated carbocycles. The summed E-state index contributed by atoms with van der Waals surface area (Å²) in [6.45, 7) is 2.33. The van der Waals surface area contributed by atoms with Gasteiger partial charge in [-0.3, -0.25) is 4.79 Å². The lowest BCUT2D eigenvalue weighted by molar-refractivity contribution is -0.0109. The molecule has 0 radical (unpaired) electrons. The molecule has 1 amide bonds. The zero-order chi connectivity index (χ0) is 22.2. The lowest BCUT2D eigenvalue weighted by Crippen LogP contribution is -2.45. The predicted molar refractivity (Wildman–Crippen MR) is 119 cm³/mol. The maximum atomic E-state index is 13.9. The quantitative estimate of drug-likeness (QED) is 0.650. The molecule has 2 aromatic rings. The first kappa shape index (κ1) is 22.2. The molecule has 1 aliphatic carbocycles. The molecular formula is C23H29ClFN3O3. The van der Waals surface area contributed by atoms with Crippen LogP contribution in [0.2, 0.25) is 5.02 Å². The monoisotopic (exact) mass is 449 g/mol. The Morgan fingerprint density at radius 2 is 2.19 bits per heavy atom. The van der Waals surface area contributed by atoms with Gasteiger partial charge in [-0.1, -0.05) is 31.4 Å². The van der Waals surface area contributed by atoms with Gasteiger partial charge in [0.05, 0.1) is 40.9 Å². The van der Waals surface area contributed by atoms with Crippen LogP contribution in [0.3, 0.4) is 0 Å². The number of aromatic nitrogens is 1. The Morgan fingerprint density at radius 3 is 2.94 bits per heavy atom. The molecule has 1 saturated heterocycles. The number of rotatable bonds is 5. The molecule has 1 aromatic carbocycles. The minimum Gasteiger partial charge on any atom is -0.394 e. The molecule has 31 heavy (non-hydrogen) atoms. The van der Waals surface area contributed by atoms with E-state index in [1.165, 1.54) is 0 Å². The summed E-state index contributed by atoms with van der Waals surface area (Å²) < 4.78 is 13.9. The van der Waals surface area contributed by atoms with E-state index < -0.39 is 11.8 Å². The van der Waals surface area contributed by atoms with E-state index in [2.05, 4.69) is 17.2 Å². The summed E-state index contributed by atoms with van der Waals surface area (Å²) >= 11 is 6.36. The molecule has 1 aliphatic heterocycles. The zero-order valence-electron chi connectivity index (χ0n) is 17.7. The molecule has 3 N–H and O–H groups in total. The summed E-state index contributed by atoms with van der Waals surface area (Å²) in [5.74, 6) is 0.637. The minimum absolute atomic E-state index is 0.143. The molecule has 6 nitrogen and oxygen atoms in total. The van der Waals surface area contributed by atoms with E-state index in [4.69, 9.17) is 11.6 Å². The van der Waals surface area contributed by atoms with Gasteiger partial charge >= 0.3 is 0 Å². The van der Waals surface area contributed by atoms with E-state index in [0.29, 0.717) is 46.1 Å². The number of hydrogen-bond acceptors (Lipinski definition) is 5. The van der Waals surface area contributed by atoms with Gasteiger partial charge in [0.2, 0.25) is 0 Å². The minimum atomic E-state index is -1.01. The lowest BCUT2D eigenvalue weighted by atomic mass is 9.79. The van der Waals surface area contributed by atoms with Crippen molar-refractivity contribution in [2.75, 3.05) is 24.6 Å². The van der Waals surface area contributed by atoms with Crippen molar-refractivity contribution < 1.29 is 19.4 Å². The molecule has 2 fully saturated rings. The standard InChI is InChI=1S/C23H29ClFN3O3/c1-14-3-2-8-23(31,10-14)13-26-22(30)21-17-4-7-20(27-19(17)6-5-18(21)24)28-11-15(25)9-16(28)12-29/h4-7,14-16,29,31H,2-3,8-13H2,1H3,(H,26,30)/t14-,15?,16?,23-/m1/s1. The van der Waals surface area contributed by atoms with Gasteiger partial charge in [0.25, 0.3) is 5.91 Å². The summed E-state index contributed by atoms with van der Waals surface area (Å²) in [5.41, 5.74) is -0.0152. The van der Waals surface area contributed by atoms with Crippen molar-refractivity contribution in [2.45, 2.75) is 56.8 Å². The van der Waals surface area contributed by atoms with Crippen molar-refractivity contribution in [2.24, 2.45) is 5.92 Å². The van der Waals surface area contributed by atoms with Crippen molar-refractivity contribution in [1.29, 1.82) is 0 Å². The first-order chi connectivity index (χ1) is 14.8. The van der Waals surface area contributed by atoms with Crippen molar-refractivity contribution in [3.05, 3.63) is 34.9 Å². The van der Waals surface area contributed by atoms with Crippen molar-refractivity contribution >= 4 is 34.2 Å². The topological polar surface area (TPSA) is 85.7 Å². The number of nitrogens with zero attached hydrogens (tertiary/aromatic N) is 2. The van der Waals surface area contributed by atoms with Crippen molar-refractivity contribution in [3.8, 4) is 0 Å². The Morgan fingerprint density at radius 1 is 1.39 bits per heavy atom. The van der Waals surface area contributed by atoms with Crippen LogP contribution in [0.15, 0.2) is 24.3 Å². The Bertz CT molecular complexity index is 974. The highest BCUT2D eigenvalue weighted by Gasteiger charge is 2.34. The van der Waals surface area contributed by atoms with Gasteiger partial charge in [-0.05, 0) is 43.0 Å². The summed E-state index contributed by atoms with van der Waals surface area (Å²) in [6, 6.07) is 6.53. The molecule has 2 heterocycles. The number of anilines is 1. The number of fused-ring (bicyclic) bond motifs is 1. The summed E-state index contributed by atoms with van der Waals surface area (Å²) in [7, 11) is 0. The third-order valence-electron chi connectivity index (χ3n) is 6.55. The van der Waals surface area contributed by atoms with Crippen LogP contribution < -0.4 is 10.2 Å². The van der Waals surface area contributed by atoms with Crippen LogP contribution in [-0.4, -0.2) is 58.6 Å². The average Bonchev–Trinajstić information content (AvgIpc) is 3.12. The van der Waals surface area contributed by atoms with Crippen LogP contribution in [0.25, 0.3) is 10.9 Å². The van der Waals surface area contributed by atoms with E-state index in [9.17, 15) is 19.4 Å². The van der Waals surface area contributed by atoms with Crippen LogP contribution in [-0.2, 0) is 0 Å². The number of aliphatic hydroxyl groups is 2. The van der Waals surface area contributed by atoms with Gasteiger partial charge < -0.3 is 20.4 Å². The highest BCUT2D eigenvalue weighted by Crippen LogP contribution is 2.33. The maximum Gasteiger partial charge on any atom is 0.253 e. The first-order valence-electron chi connectivity index (χ1n) is 10.9. The molecule has 2 unspecified atom stereocenters. The third-order valence-corrected chi connectivity index (χ3v) is 6.86. The fourth-order valence-electron chi connectivity index (χ4n) is 5.00. The van der Waals surface area contributed by atoms with Crippen LogP contribution in [0.1, 0.15) is 49.4 Å². The number of hydrogen-bond donors (Lipinski definition) is 3. The van der Waals surface area contributed by atoms with Crippen molar-refractivity contribution in [3.63, 3.8) is 0 Å². The fourth-order valence-corrected chi connectivity index (χ4v) is 5.25. The number of alkyl halides is 1. The zero-order valence-corrected chi connectivity index (χ0v) is 18.4. The summed E-state index contributed by atoms with van der Waals surface area (Å²) in [4.78, 5) is 19.4. The molecule has 4 rings (SSSR count). The number of halogens is 2. The Balaban J connectivity index is 1.57. The number of carbonyl (C=O) groups is 1. The molecule has 2 aliphatic rings. The molecule has 8 heteroatoms. The normalized spacial score (nSPS) is 28.8. The van der Waals surface area contributed by atoms with E-state index in [0.717, 1.165) is 12.8 Å². The van der Waals surface area contributed by atoms with Crippen LogP contribution in [0.5, 0.6) is 0 Å². The number of pyridine rings is 1. The molecule has 1 aromatic heterocycles. The summed E-state index contributed by atoms with van der Waals surface area (Å²) in [6.07, 6.45) is 2.64. The largest absolute Gasteiger partial charge is 0.394 e. The molecular weight excluding hydrogens is 421 g/mol. The predicted octanol–water partition coefficient (Wildman–Crippen LogP) is 3.47. The van der Waals surface area contributed by atoms with E-state index in [1.807, 2.05) is 0 Å². The third kappa shape index (κ3) is 4.64. The Kier molecular flexibility index (Phi) is 6.37. The molecule has 0 bridgehead atoms. The Hall–Kier alpha value is -1.96. The average molecular weight is 450 g/mol. The van der Waals surface area contributed by atoms with Gasteiger partial charge in [0, 0.05) is 18.4 Å². The maximum absolute atomic E-state index is 13.9. The van der Waals surface area contributed by atoms with E-state index >= 15 is 0 Å². The van der Waals surface area contributed by atoms with Crippen molar-refractivity contribution in [1.82, 2.24) is 10.3 Å². The lowest BCUT2D eigenvalue weighted by Gasteiger charge is -2.35. The second-order valence-corrected chi connectivity index (χ2v) is 9.50. The summed E-state index contributed by atoms with van der Waals surface area (Å²) in [5, 5.41) is 24.1. The number of nitrogens with one attached hydrogen (secondary N) is 1. The van der Waals surface area contributed by atoms with Gasteiger partial charge in [-0.15, -0.1) is 0 Å². The molecule has 168 valence electrons. The van der Waals surface area contributed by atoms with Gasteiger partial charge in [0.1, 0.15) is 12.0 Å².